The number of hydrogen-bond acceptors (Lipinski definition) is 7. The minimum absolute atomic E-state index is 0.0240. The molecule has 1 fully saturated rings. The van der Waals surface area contributed by atoms with Gasteiger partial charge in [-0.2, -0.15) is 0 Å². The molecule has 2 heterocycles. The third-order valence-corrected chi connectivity index (χ3v) is 5.33. The highest BCUT2D eigenvalue weighted by atomic mass is 19.1. The summed E-state index contributed by atoms with van der Waals surface area (Å²) in [5.74, 6) is -0.993. The van der Waals surface area contributed by atoms with E-state index in [-0.39, 0.29) is 25.1 Å². The zero-order valence-corrected chi connectivity index (χ0v) is 15.6. The Hall–Kier alpha value is -1.91. The first-order valence-electron chi connectivity index (χ1n) is 9.04. The third-order valence-electron chi connectivity index (χ3n) is 5.33. The highest BCUT2D eigenvalue weighted by Gasteiger charge is 2.40. The minimum Gasteiger partial charge on any atom is -0.395 e. The number of benzene rings is 1. The lowest BCUT2D eigenvalue weighted by Gasteiger charge is -2.43. The Morgan fingerprint density at radius 3 is 2.32 bits per heavy atom. The van der Waals surface area contributed by atoms with E-state index in [1.807, 2.05) is 0 Å². The van der Waals surface area contributed by atoms with Gasteiger partial charge in [0.2, 0.25) is 0 Å². The first-order chi connectivity index (χ1) is 13.2. The zero-order valence-electron chi connectivity index (χ0n) is 15.6. The van der Waals surface area contributed by atoms with Crippen molar-refractivity contribution >= 4 is 0 Å². The number of β-amino-alcohol motifs (C(OH)–C–C–N with tert-alkyl or cyclic N) is 1. The summed E-state index contributed by atoms with van der Waals surface area (Å²) >= 11 is 0. The average molecular weight is 398 g/mol. The van der Waals surface area contributed by atoms with Crippen LogP contribution < -0.4 is 0 Å². The lowest BCUT2D eigenvalue weighted by atomic mass is 9.93. The van der Waals surface area contributed by atoms with E-state index in [0.717, 1.165) is 0 Å². The Bertz CT molecular complexity index is 801. The lowest BCUT2D eigenvalue weighted by molar-refractivity contribution is -0.144. The zero-order chi connectivity index (χ0) is 20.6. The smallest absolute Gasteiger partial charge is 0.141 e. The Morgan fingerprint density at radius 2 is 1.79 bits per heavy atom. The second-order valence-electron chi connectivity index (χ2n) is 7.16. The molecular weight excluding hydrogens is 374 g/mol. The Balaban J connectivity index is 1.80. The molecule has 0 unspecified atom stereocenters. The van der Waals surface area contributed by atoms with E-state index in [1.54, 1.807) is 13.8 Å². The van der Waals surface area contributed by atoms with Gasteiger partial charge in [-0.05, 0) is 38.0 Å². The van der Waals surface area contributed by atoms with Crippen LogP contribution in [-0.2, 0) is 6.42 Å². The Labute approximate surface area is 160 Å². The number of aryl methyl sites for hydroxylation is 2. The summed E-state index contributed by atoms with van der Waals surface area (Å²) in [7, 11) is 0. The molecule has 2 aromatic rings. The van der Waals surface area contributed by atoms with Gasteiger partial charge < -0.3 is 24.9 Å². The topological polar surface area (TPSA) is 110 Å². The van der Waals surface area contributed by atoms with Gasteiger partial charge in [-0.15, -0.1) is 0 Å². The molecule has 4 N–H and O–H groups in total. The summed E-state index contributed by atoms with van der Waals surface area (Å²) in [6.45, 7) is 2.96. The summed E-state index contributed by atoms with van der Waals surface area (Å²) in [6, 6.07) is 1.61. The van der Waals surface area contributed by atoms with Crippen molar-refractivity contribution in [3.05, 3.63) is 40.8 Å². The van der Waals surface area contributed by atoms with Crippen molar-refractivity contribution in [1.29, 1.82) is 0 Å². The van der Waals surface area contributed by atoms with Crippen molar-refractivity contribution in [2.75, 3.05) is 19.7 Å². The minimum atomic E-state index is -1.38. The van der Waals surface area contributed by atoms with Gasteiger partial charge in [-0.1, -0.05) is 5.16 Å². The lowest BCUT2D eigenvalue weighted by Crippen LogP contribution is -2.62. The number of aliphatic hydroxyl groups is 4. The van der Waals surface area contributed by atoms with Crippen LogP contribution >= 0.6 is 0 Å². The van der Waals surface area contributed by atoms with Crippen LogP contribution in [-0.4, -0.2) is 74.5 Å². The van der Waals surface area contributed by atoms with E-state index in [2.05, 4.69) is 5.16 Å². The summed E-state index contributed by atoms with van der Waals surface area (Å²) < 4.78 is 34.3. The highest BCUT2D eigenvalue weighted by molar-refractivity contribution is 5.68. The molecule has 154 valence electrons. The molecule has 7 nitrogen and oxygen atoms in total. The van der Waals surface area contributed by atoms with Crippen LogP contribution in [0.1, 0.15) is 17.0 Å². The molecule has 0 bridgehead atoms. The molecule has 1 saturated heterocycles. The molecule has 4 atom stereocenters. The molecular formula is C19H24F2N2O5. The van der Waals surface area contributed by atoms with Gasteiger partial charge in [0.15, 0.2) is 0 Å². The average Bonchev–Trinajstić information content (AvgIpc) is 2.97. The summed E-state index contributed by atoms with van der Waals surface area (Å²) in [6.07, 6.45) is -3.98. The SMILES string of the molecule is Cc1noc(C)c1-c1cc(F)c(CCN2C[C@H](O)[C@@H](O)[C@H](O)[C@@H]2CO)c(F)c1. The van der Waals surface area contributed by atoms with Crippen molar-refractivity contribution < 1.29 is 33.7 Å². The van der Waals surface area contributed by atoms with E-state index >= 15 is 0 Å². The molecule has 0 aliphatic carbocycles. The largest absolute Gasteiger partial charge is 0.395 e. The summed E-state index contributed by atoms with van der Waals surface area (Å²) in [5, 5.41) is 42.8. The normalized spacial score (nSPS) is 26.0. The van der Waals surface area contributed by atoms with Gasteiger partial charge in [-0.25, -0.2) is 8.78 Å². The van der Waals surface area contributed by atoms with Crippen LogP contribution in [0.2, 0.25) is 0 Å². The molecule has 1 aromatic carbocycles. The monoisotopic (exact) mass is 398 g/mol. The molecule has 9 heteroatoms. The summed E-state index contributed by atoms with van der Waals surface area (Å²) in [5.41, 5.74) is 1.27. The molecule has 0 amide bonds. The second kappa shape index (κ2) is 8.22. The van der Waals surface area contributed by atoms with Gasteiger partial charge in [0.25, 0.3) is 0 Å². The fraction of sp³-hybridized carbons (Fsp3) is 0.526. The fourth-order valence-electron chi connectivity index (χ4n) is 3.77. The van der Waals surface area contributed by atoms with E-state index in [1.165, 1.54) is 17.0 Å². The molecule has 3 rings (SSSR count). The Morgan fingerprint density at radius 1 is 1.14 bits per heavy atom. The van der Waals surface area contributed by atoms with Gasteiger partial charge in [0.05, 0.1) is 24.4 Å². The molecule has 0 spiro atoms. The number of rotatable bonds is 5. The Kier molecular flexibility index (Phi) is 6.11. The van der Waals surface area contributed by atoms with Gasteiger partial charge >= 0.3 is 0 Å². The van der Waals surface area contributed by atoms with Crippen molar-refractivity contribution in [2.45, 2.75) is 44.6 Å². The number of piperidine rings is 1. The molecule has 0 radical (unpaired) electrons. The van der Waals surface area contributed by atoms with Crippen LogP contribution in [0.25, 0.3) is 11.1 Å². The molecule has 0 saturated carbocycles. The number of aromatic nitrogens is 1. The van der Waals surface area contributed by atoms with Crippen LogP contribution in [0, 0.1) is 25.5 Å². The van der Waals surface area contributed by atoms with Crippen LogP contribution in [0.3, 0.4) is 0 Å². The van der Waals surface area contributed by atoms with E-state index in [4.69, 9.17) is 4.52 Å². The van der Waals surface area contributed by atoms with E-state index in [0.29, 0.717) is 22.6 Å². The van der Waals surface area contributed by atoms with Crippen LogP contribution in [0.4, 0.5) is 8.78 Å². The molecule has 1 aliphatic rings. The number of likely N-dealkylation sites (tertiary alicyclic amines) is 1. The van der Waals surface area contributed by atoms with Crippen molar-refractivity contribution in [3.63, 3.8) is 0 Å². The maximum atomic E-state index is 14.6. The number of hydrogen-bond donors (Lipinski definition) is 4. The highest BCUT2D eigenvalue weighted by Crippen LogP contribution is 2.30. The second-order valence-corrected chi connectivity index (χ2v) is 7.16. The third kappa shape index (κ3) is 3.81. The van der Waals surface area contributed by atoms with Crippen LogP contribution in [0.15, 0.2) is 16.7 Å². The van der Waals surface area contributed by atoms with E-state index < -0.39 is 42.6 Å². The maximum Gasteiger partial charge on any atom is 0.141 e. The first-order valence-corrected chi connectivity index (χ1v) is 9.04. The van der Waals surface area contributed by atoms with E-state index in [9.17, 15) is 29.2 Å². The van der Waals surface area contributed by atoms with Crippen molar-refractivity contribution in [1.82, 2.24) is 10.1 Å². The predicted octanol–water partition coefficient (Wildman–Crippen LogP) is 0.538. The number of nitrogens with zero attached hydrogens (tertiary/aromatic N) is 2. The molecule has 28 heavy (non-hydrogen) atoms. The fourth-order valence-corrected chi connectivity index (χ4v) is 3.77. The molecule has 1 aliphatic heterocycles. The molecule has 1 aromatic heterocycles. The van der Waals surface area contributed by atoms with Gasteiger partial charge in [0.1, 0.15) is 29.6 Å². The number of halogens is 2. The first kappa shape index (κ1) is 20.8. The van der Waals surface area contributed by atoms with Crippen molar-refractivity contribution in [3.8, 4) is 11.1 Å². The van der Waals surface area contributed by atoms with Crippen LogP contribution in [0.5, 0.6) is 0 Å². The summed E-state index contributed by atoms with van der Waals surface area (Å²) in [4.78, 5) is 1.52. The quantitative estimate of drug-likeness (QED) is 0.582. The maximum absolute atomic E-state index is 14.6. The van der Waals surface area contributed by atoms with Gasteiger partial charge in [0, 0.05) is 24.2 Å². The predicted molar refractivity (Wildman–Crippen MR) is 95.5 cm³/mol. The standard InChI is InChI=1S/C19H24F2N2O5/c1-9-17(10(2)28-22-9)11-5-13(20)12(14(21)6-11)3-4-23-7-16(25)19(27)18(26)15(23)8-24/h5-6,15-16,18-19,24-27H,3-4,7-8H2,1-2H3/t15-,16-,18+,19+/m0/s1. The van der Waals surface area contributed by atoms with Crippen molar-refractivity contribution in [2.24, 2.45) is 0 Å². The number of aliphatic hydroxyl groups excluding tert-OH is 4. The van der Waals surface area contributed by atoms with Gasteiger partial charge in [-0.3, -0.25) is 4.90 Å².